The zero-order valence-corrected chi connectivity index (χ0v) is 12.5. The van der Waals surface area contributed by atoms with E-state index in [0.717, 1.165) is 35.7 Å². The summed E-state index contributed by atoms with van der Waals surface area (Å²) in [6, 6.07) is 3.72. The smallest absolute Gasteiger partial charge is 0.254 e. The van der Waals surface area contributed by atoms with Crippen LogP contribution >= 0.6 is 0 Å². The lowest BCUT2D eigenvalue weighted by molar-refractivity contribution is 0.235. The van der Waals surface area contributed by atoms with Crippen LogP contribution in [0.3, 0.4) is 0 Å². The Morgan fingerprint density at radius 3 is 3.04 bits per heavy atom. The molecule has 0 unspecified atom stereocenters. The van der Waals surface area contributed by atoms with Gasteiger partial charge in [0, 0.05) is 49.0 Å². The molecule has 23 heavy (non-hydrogen) atoms. The SMILES string of the molecule is O=c1[nH]c(-c2cccnc2)nc2c1CCN(Cc1ncc[nH]1)C2. The van der Waals surface area contributed by atoms with Crippen molar-refractivity contribution in [1.29, 1.82) is 0 Å². The molecular weight excluding hydrogens is 292 g/mol. The van der Waals surface area contributed by atoms with Crippen LogP contribution in [-0.2, 0) is 19.5 Å². The van der Waals surface area contributed by atoms with Gasteiger partial charge in [0.25, 0.3) is 5.56 Å². The third kappa shape index (κ3) is 2.78. The summed E-state index contributed by atoms with van der Waals surface area (Å²) in [4.78, 5) is 33.5. The molecular formula is C16H16N6O. The Morgan fingerprint density at radius 1 is 1.30 bits per heavy atom. The molecule has 0 fully saturated rings. The monoisotopic (exact) mass is 308 g/mol. The normalized spacial score (nSPS) is 14.6. The molecule has 3 aromatic heterocycles. The topological polar surface area (TPSA) is 90.6 Å². The number of aromatic nitrogens is 5. The molecule has 4 heterocycles. The van der Waals surface area contributed by atoms with Crippen molar-refractivity contribution in [3.8, 4) is 11.4 Å². The van der Waals surface area contributed by atoms with Crippen LogP contribution in [0.25, 0.3) is 11.4 Å². The predicted molar refractivity (Wildman–Crippen MR) is 84.5 cm³/mol. The summed E-state index contributed by atoms with van der Waals surface area (Å²) < 4.78 is 0. The lowest BCUT2D eigenvalue weighted by Crippen LogP contribution is -2.35. The van der Waals surface area contributed by atoms with E-state index in [4.69, 9.17) is 0 Å². The maximum absolute atomic E-state index is 12.3. The Labute approximate surface area is 132 Å². The average Bonchev–Trinajstić information content (AvgIpc) is 3.08. The lowest BCUT2D eigenvalue weighted by atomic mass is 10.1. The van der Waals surface area contributed by atoms with Crippen LogP contribution in [0.2, 0.25) is 0 Å². The van der Waals surface area contributed by atoms with Crippen molar-refractivity contribution >= 4 is 0 Å². The molecule has 0 atom stereocenters. The zero-order valence-electron chi connectivity index (χ0n) is 12.5. The van der Waals surface area contributed by atoms with Gasteiger partial charge in [0.15, 0.2) is 0 Å². The second kappa shape index (κ2) is 5.77. The second-order valence-corrected chi connectivity index (χ2v) is 5.58. The van der Waals surface area contributed by atoms with Gasteiger partial charge in [-0.1, -0.05) is 0 Å². The Kier molecular flexibility index (Phi) is 3.47. The Morgan fingerprint density at radius 2 is 2.26 bits per heavy atom. The van der Waals surface area contributed by atoms with Crippen molar-refractivity contribution in [2.45, 2.75) is 19.5 Å². The van der Waals surface area contributed by atoms with E-state index in [-0.39, 0.29) is 5.56 Å². The second-order valence-electron chi connectivity index (χ2n) is 5.58. The third-order valence-corrected chi connectivity index (χ3v) is 4.02. The number of imidazole rings is 1. The van der Waals surface area contributed by atoms with Gasteiger partial charge < -0.3 is 9.97 Å². The van der Waals surface area contributed by atoms with Crippen molar-refractivity contribution < 1.29 is 0 Å². The first kappa shape index (κ1) is 13.8. The quantitative estimate of drug-likeness (QED) is 0.756. The van der Waals surface area contributed by atoms with Crippen molar-refractivity contribution in [2.24, 2.45) is 0 Å². The van der Waals surface area contributed by atoms with Gasteiger partial charge in [-0.15, -0.1) is 0 Å². The minimum atomic E-state index is -0.0495. The number of pyridine rings is 1. The number of H-pyrrole nitrogens is 2. The maximum Gasteiger partial charge on any atom is 0.254 e. The molecule has 7 heteroatoms. The van der Waals surface area contributed by atoms with E-state index in [1.54, 1.807) is 18.6 Å². The van der Waals surface area contributed by atoms with E-state index < -0.39 is 0 Å². The highest BCUT2D eigenvalue weighted by atomic mass is 16.1. The summed E-state index contributed by atoms with van der Waals surface area (Å²) in [6.45, 7) is 2.20. The van der Waals surface area contributed by atoms with Gasteiger partial charge in [-0.05, 0) is 18.6 Å². The van der Waals surface area contributed by atoms with E-state index in [1.807, 2.05) is 18.3 Å². The van der Waals surface area contributed by atoms with Crippen LogP contribution < -0.4 is 5.56 Å². The van der Waals surface area contributed by atoms with E-state index >= 15 is 0 Å². The molecule has 0 aromatic carbocycles. The summed E-state index contributed by atoms with van der Waals surface area (Å²) in [7, 11) is 0. The fourth-order valence-electron chi connectivity index (χ4n) is 2.86. The summed E-state index contributed by atoms with van der Waals surface area (Å²) in [5, 5.41) is 0. The predicted octanol–water partition coefficient (Wildman–Crippen LogP) is 1.11. The summed E-state index contributed by atoms with van der Waals surface area (Å²) in [6.07, 6.45) is 7.66. The van der Waals surface area contributed by atoms with Crippen LogP contribution in [0, 0.1) is 0 Å². The van der Waals surface area contributed by atoms with Crippen LogP contribution in [-0.4, -0.2) is 36.4 Å². The average molecular weight is 308 g/mol. The van der Waals surface area contributed by atoms with Crippen LogP contribution in [0.15, 0.2) is 41.7 Å². The van der Waals surface area contributed by atoms with Crippen molar-refractivity contribution in [1.82, 2.24) is 29.8 Å². The highest BCUT2D eigenvalue weighted by Crippen LogP contribution is 2.18. The standard InChI is InChI=1S/C16H16N6O/c23-16-12-3-7-22(10-14-18-5-6-19-14)9-13(12)20-15(21-16)11-2-1-4-17-8-11/h1-2,4-6,8H,3,7,9-10H2,(H,18,19)(H,20,21,23). The Bertz CT molecular complexity index is 856. The van der Waals surface area contributed by atoms with Gasteiger partial charge >= 0.3 is 0 Å². The number of nitrogens with zero attached hydrogens (tertiary/aromatic N) is 4. The number of rotatable bonds is 3. The largest absolute Gasteiger partial charge is 0.348 e. The molecule has 116 valence electrons. The Balaban J connectivity index is 1.64. The fraction of sp³-hybridized carbons (Fsp3) is 0.250. The maximum atomic E-state index is 12.3. The minimum Gasteiger partial charge on any atom is -0.348 e. The Hall–Kier alpha value is -2.80. The number of aromatic amines is 2. The van der Waals surface area contributed by atoms with E-state index in [1.165, 1.54) is 0 Å². The van der Waals surface area contributed by atoms with Crippen molar-refractivity contribution in [3.05, 3.63) is 64.4 Å². The molecule has 0 saturated heterocycles. The molecule has 3 aromatic rings. The third-order valence-electron chi connectivity index (χ3n) is 4.02. The number of nitrogens with one attached hydrogen (secondary N) is 2. The summed E-state index contributed by atoms with van der Waals surface area (Å²) in [5.41, 5.74) is 2.39. The molecule has 0 saturated carbocycles. The van der Waals surface area contributed by atoms with Crippen molar-refractivity contribution in [3.63, 3.8) is 0 Å². The van der Waals surface area contributed by atoms with Gasteiger partial charge in [-0.25, -0.2) is 9.97 Å². The first-order valence-corrected chi connectivity index (χ1v) is 7.52. The minimum absolute atomic E-state index is 0.0495. The fourth-order valence-corrected chi connectivity index (χ4v) is 2.86. The van der Waals surface area contributed by atoms with Gasteiger partial charge in [0.1, 0.15) is 11.6 Å². The molecule has 0 aliphatic carbocycles. The highest BCUT2D eigenvalue weighted by molar-refractivity contribution is 5.53. The molecule has 0 spiro atoms. The molecule has 1 aliphatic heterocycles. The molecule has 0 bridgehead atoms. The zero-order chi connectivity index (χ0) is 15.6. The molecule has 0 radical (unpaired) electrons. The van der Waals surface area contributed by atoms with Crippen LogP contribution in [0.1, 0.15) is 17.1 Å². The molecule has 4 rings (SSSR count). The van der Waals surface area contributed by atoms with Crippen molar-refractivity contribution in [2.75, 3.05) is 6.54 Å². The highest BCUT2D eigenvalue weighted by Gasteiger charge is 2.21. The van der Waals surface area contributed by atoms with Crippen LogP contribution in [0.5, 0.6) is 0 Å². The molecule has 2 N–H and O–H groups in total. The molecule has 0 amide bonds. The van der Waals surface area contributed by atoms with Gasteiger partial charge in [0.05, 0.1) is 12.2 Å². The number of fused-ring (bicyclic) bond motifs is 1. The summed E-state index contributed by atoms with van der Waals surface area (Å²) >= 11 is 0. The van der Waals surface area contributed by atoms with Crippen LogP contribution in [0.4, 0.5) is 0 Å². The molecule has 7 nitrogen and oxygen atoms in total. The first-order chi connectivity index (χ1) is 11.3. The lowest BCUT2D eigenvalue weighted by Gasteiger charge is -2.26. The summed E-state index contributed by atoms with van der Waals surface area (Å²) in [5.74, 6) is 1.49. The van der Waals surface area contributed by atoms with Gasteiger partial charge in [-0.2, -0.15) is 0 Å². The number of hydrogen-bond donors (Lipinski definition) is 2. The first-order valence-electron chi connectivity index (χ1n) is 7.52. The number of hydrogen-bond acceptors (Lipinski definition) is 5. The van der Waals surface area contributed by atoms with E-state index in [9.17, 15) is 4.79 Å². The van der Waals surface area contributed by atoms with Gasteiger partial charge in [-0.3, -0.25) is 14.7 Å². The molecule has 1 aliphatic rings. The van der Waals surface area contributed by atoms with Gasteiger partial charge in [0.2, 0.25) is 0 Å². The van der Waals surface area contributed by atoms with E-state index in [0.29, 0.717) is 18.8 Å². The van der Waals surface area contributed by atoms with E-state index in [2.05, 4.69) is 29.8 Å².